The number of aliphatic carboxylic acids is 1. The number of ketones is 1. The van der Waals surface area contributed by atoms with E-state index in [1.165, 1.54) is 0 Å². The van der Waals surface area contributed by atoms with Gasteiger partial charge in [-0.05, 0) is 37.5 Å². The quantitative estimate of drug-likeness (QED) is 0.411. The zero-order valence-electron chi connectivity index (χ0n) is 17.5. The van der Waals surface area contributed by atoms with Crippen LogP contribution in [0.2, 0.25) is 0 Å². The van der Waals surface area contributed by atoms with Gasteiger partial charge in [-0.3, -0.25) is 9.59 Å². The van der Waals surface area contributed by atoms with Crippen LogP contribution in [0.25, 0.3) is 0 Å². The number of aliphatic hydroxyl groups is 1. The molecular formula is C24H30O7. The third-order valence-corrected chi connectivity index (χ3v) is 5.59. The van der Waals surface area contributed by atoms with Gasteiger partial charge in [0.25, 0.3) is 0 Å². The fourth-order valence-corrected chi connectivity index (χ4v) is 3.92. The van der Waals surface area contributed by atoms with Crippen LogP contribution in [-0.2, 0) is 19.1 Å². The summed E-state index contributed by atoms with van der Waals surface area (Å²) in [4.78, 5) is 23.0. The van der Waals surface area contributed by atoms with Crippen LogP contribution in [0.15, 0.2) is 54.6 Å². The van der Waals surface area contributed by atoms with Crippen molar-refractivity contribution in [3.05, 3.63) is 54.6 Å². The molecule has 1 aromatic carbocycles. The van der Waals surface area contributed by atoms with E-state index in [0.717, 1.165) is 0 Å². The molecule has 1 saturated carbocycles. The Morgan fingerprint density at radius 1 is 1.19 bits per heavy atom. The summed E-state index contributed by atoms with van der Waals surface area (Å²) in [6, 6.07) is 9.37. The Kier molecular flexibility index (Phi) is 8.40. The summed E-state index contributed by atoms with van der Waals surface area (Å²) >= 11 is 0. The molecular weight excluding hydrogens is 400 g/mol. The SMILES string of the molecule is O=C(O)CCC/C=C\C[C@H]1[C@@H](O)CC(=O)[C@@H]1/C=C/C1(COc2ccccc2)OCCO1. The van der Waals surface area contributed by atoms with E-state index in [2.05, 4.69) is 0 Å². The predicted octanol–water partition coefficient (Wildman–Crippen LogP) is 3.13. The highest BCUT2D eigenvalue weighted by atomic mass is 16.8. The fraction of sp³-hybridized carbons (Fsp3) is 0.500. The maximum absolute atomic E-state index is 12.5. The van der Waals surface area contributed by atoms with Gasteiger partial charge in [0, 0.05) is 24.7 Å². The van der Waals surface area contributed by atoms with Gasteiger partial charge in [-0.2, -0.15) is 0 Å². The van der Waals surface area contributed by atoms with Crippen LogP contribution in [0.1, 0.15) is 32.1 Å². The summed E-state index contributed by atoms with van der Waals surface area (Å²) in [5.74, 6) is -1.83. The molecule has 0 amide bonds. The predicted molar refractivity (Wildman–Crippen MR) is 114 cm³/mol. The van der Waals surface area contributed by atoms with E-state index >= 15 is 0 Å². The maximum Gasteiger partial charge on any atom is 0.303 e. The first-order chi connectivity index (χ1) is 15.0. The van der Waals surface area contributed by atoms with E-state index in [9.17, 15) is 14.7 Å². The first-order valence-electron chi connectivity index (χ1n) is 10.7. The lowest BCUT2D eigenvalue weighted by Gasteiger charge is -2.25. The lowest BCUT2D eigenvalue weighted by molar-refractivity contribution is -0.139. The number of rotatable bonds is 11. The fourth-order valence-electron chi connectivity index (χ4n) is 3.92. The molecule has 168 valence electrons. The molecule has 2 aliphatic rings. The molecule has 1 saturated heterocycles. The molecule has 1 aliphatic heterocycles. The summed E-state index contributed by atoms with van der Waals surface area (Å²) in [5.41, 5.74) is 0. The highest BCUT2D eigenvalue weighted by Gasteiger charge is 2.41. The number of carboxylic acid groups (broad SMARTS) is 1. The number of carboxylic acids is 1. The van der Waals surface area contributed by atoms with Crippen molar-refractivity contribution in [2.24, 2.45) is 11.8 Å². The Hall–Kier alpha value is -2.48. The van der Waals surface area contributed by atoms with Gasteiger partial charge < -0.3 is 24.4 Å². The van der Waals surface area contributed by atoms with Gasteiger partial charge in [-0.1, -0.05) is 36.4 Å². The van der Waals surface area contributed by atoms with Crippen LogP contribution >= 0.6 is 0 Å². The molecule has 0 spiro atoms. The Morgan fingerprint density at radius 2 is 1.94 bits per heavy atom. The van der Waals surface area contributed by atoms with E-state index in [0.29, 0.717) is 38.2 Å². The molecule has 31 heavy (non-hydrogen) atoms. The molecule has 3 atom stereocenters. The van der Waals surface area contributed by atoms with E-state index < -0.39 is 23.8 Å². The lowest BCUT2D eigenvalue weighted by atomic mass is 9.90. The zero-order valence-corrected chi connectivity index (χ0v) is 17.5. The number of carbonyl (C=O) groups excluding carboxylic acids is 1. The normalized spacial score (nSPS) is 25.6. The van der Waals surface area contributed by atoms with Crippen LogP contribution in [0, 0.1) is 11.8 Å². The van der Waals surface area contributed by atoms with Gasteiger partial charge in [-0.15, -0.1) is 0 Å². The average molecular weight is 430 g/mol. The lowest BCUT2D eigenvalue weighted by Crippen LogP contribution is -2.35. The van der Waals surface area contributed by atoms with Gasteiger partial charge in [0.15, 0.2) is 0 Å². The first-order valence-corrected chi connectivity index (χ1v) is 10.7. The van der Waals surface area contributed by atoms with Gasteiger partial charge in [0.2, 0.25) is 5.79 Å². The molecule has 0 aromatic heterocycles. The summed E-state index contributed by atoms with van der Waals surface area (Å²) in [7, 11) is 0. The number of Topliss-reactive ketones (excluding diaryl/α,β-unsaturated/α-hetero) is 1. The smallest absolute Gasteiger partial charge is 0.303 e. The van der Waals surface area contributed by atoms with Crippen molar-refractivity contribution < 1.29 is 34.0 Å². The van der Waals surface area contributed by atoms with Crippen molar-refractivity contribution in [2.45, 2.75) is 44.0 Å². The van der Waals surface area contributed by atoms with Crippen molar-refractivity contribution in [3.63, 3.8) is 0 Å². The highest BCUT2D eigenvalue weighted by molar-refractivity contribution is 5.86. The number of carbonyl (C=O) groups is 2. The van der Waals surface area contributed by atoms with Gasteiger partial charge >= 0.3 is 5.97 Å². The number of aliphatic hydroxyl groups excluding tert-OH is 1. The van der Waals surface area contributed by atoms with Crippen LogP contribution in [0.5, 0.6) is 5.75 Å². The van der Waals surface area contributed by atoms with Crippen molar-refractivity contribution in [1.82, 2.24) is 0 Å². The molecule has 3 rings (SSSR count). The number of hydrogen-bond acceptors (Lipinski definition) is 6. The third kappa shape index (κ3) is 6.75. The van der Waals surface area contributed by atoms with E-state index in [1.807, 2.05) is 42.5 Å². The second-order valence-corrected chi connectivity index (χ2v) is 7.89. The number of allylic oxidation sites excluding steroid dienone is 3. The Labute approximate surface area is 182 Å². The van der Waals surface area contributed by atoms with Crippen molar-refractivity contribution in [3.8, 4) is 5.75 Å². The van der Waals surface area contributed by atoms with E-state index in [1.54, 1.807) is 12.2 Å². The molecule has 0 radical (unpaired) electrons. The maximum atomic E-state index is 12.5. The first kappa shape index (κ1) is 23.2. The van der Waals surface area contributed by atoms with Crippen LogP contribution in [0.3, 0.4) is 0 Å². The standard InChI is InChI=1S/C24H30O7/c25-21-16-22(26)20(19(21)10-6-1-2-7-11-23(27)28)12-13-24(30-14-15-31-24)17-29-18-8-4-3-5-9-18/h1,3-6,8-9,12-13,19-21,25H,2,7,10-11,14-17H2,(H,27,28)/b6-1-,13-12+/t19-,20-,21+/m1/s1. The Balaban J connectivity index is 1.60. The minimum absolute atomic E-state index is 0.00912. The van der Waals surface area contributed by atoms with Crippen LogP contribution < -0.4 is 4.74 Å². The van der Waals surface area contributed by atoms with Gasteiger partial charge in [-0.25, -0.2) is 0 Å². The molecule has 2 N–H and O–H groups in total. The van der Waals surface area contributed by atoms with Crippen LogP contribution in [-0.4, -0.2) is 53.7 Å². The zero-order chi connectivity index (χ0) is 22.1. The second kappa shape index (κ2) is 11.2. The third-order valence-electron chi connectivity index (χ3n) is 5.59. The summed E-state index contributed by atoms with van der Waals surface area (Å²) in [6.07, 6.45) is 8.69. The summed E-state index contributed by atoms with van der Waals surface area (Å²) in [6.45, 7) is 1.03. The van der Waals surface area contributed by atoms with Crippen molar-refractivity contribution in [2.75, 3.05) is 19.8 Å². The highest BCUT2D eigenvalue weighted by Crippen LogP contribution is 2.35. The number of unbranched alkanes of at least 4 members (excludes halogenated alkanes) is 1. The summed E-state index contributed by atoms with van der Waals surface area (Å²) < 4.78 is 17.4. The molecule has 7 heteroatoms. The second-order valence-electron chi connectivity index (χ2n) is 7.89. The number of benzene rings is 1. The largest absolute Gasteiger partial charge is 0.488 e. The van der Waals surface area contributed by atoms with Gasteiger partial charge in [0.05, 0.1) is 19.3 Å². The van der Waals surface area contributed by atoms with Gasteiger partial charge in [0.1, 0.15) is 18.1 Å². The Bertz CT molecular complexity index is 780. The summed E-state index contributed by atoms with van der Waals surface area (Å²) in [5, 5.41) is 19.0. The topological polar surface area (TPSA) is 102 Å². The van der Waals surface area contributed by atoms with E-state index in [4.69, 9.17) is 19.3 Å². The molecule has 2 fully saturated rings. The average Bonchev–Trinajstić information content (AvgIpc) is 3.32. The minimum Gasteiger partial charge on any atom is -0.488 e. The molecule has 0 bridgehead atoms. The molecule has 0 unspecified atom stereocenters. The molecule has 7 nitrogen and oxygen atoms in total. The Morgan fingerprint density at radius 3 is 2.65 bits per heavy atom. The molecule has 1 aromatic rings. The van der Waals surface area contributed by atoms with Crippen molar-refractivity contribution in [1.29, 1.82) is 0 Å². The number of para-hydroxylation sites is 1. The van der Waals surface area contributed by atoms with Crippen LogP contribution in [0.4, 0.5) is 0 Å². The molecule has 1 aliphatic carbocycles. The minimum atomic E-state index is -1.05. The molecule has 1 heterocycles. The number of hydrogen-bond donors (Lipinski definition) is 2. The monoisotopic (exact) mass is 430 g/mol. The van der Waals surface area contributed by atoms with Crippen molar-refractivity contribution >= 4 is 11.8 Å². The van der Waals surface area contributed by atoms with E-state index in [-0.39, 0.29) is 31.1 Å². The number of ether oxygens (including phenoxy) is 3.